The standard InChI is InChI=1S/C15H12N2O2/c16-9-8-11-4-6-12(7-5-11)15(19)17-13-2-1-3-14(18)10-13/h1-7,10,18H,8H2,(H,17,19). The van der Waals surface area contributed by atoms with E-state index >= 15 is 0 Å². The average molecular weight is 252 g/mol. The third-order valence-corrected chi connectivity index (χ3v) is 2.60. The summed E-state index contributed by atoms with van der Waals surface area (Å²) in [4.78, 5) is 11.9. The maximum atomic E-state index is 11.9. The fourth-order valence-corrected chi connectivity index (χ4v) is 1.65. The summed E-state index contributed by atoms with van der Waals surface area (Å²) >= 11 is 0. The number of aromatic hydroxyl groups is 1. The number of nitrogens with zero attached hydrogens (tertiary/aromatic N) is 1. The molecule has 0 aromatic heterocycles. The second-order valence-electron chi connectivity index (χ2n) is 4.04. The van der Waals surface area contributed by atoms with Crippen molar-refractivity contribution in [3.8, 4) is 11.8 Å². The van der Waals surface area contributed by atoms with E-state index in [1.165, 1.54) is 12.1 Å². The first-order chi connectivity index (χ1) is 9.19. The van der Waals surface area contributed by atoms with Crippen LogP contribution in [0.5, 0.6) is 5.75 Å². The summed E-state index contributed by atoms with van der Waals surface area (Å²) in [6, 6.07) is 15.3. The minimum absolute atomic E-state index is 0.0992. The number of carbonyl (C=O) groups is 1. The summed E-state index contributed by atoms with van der Waals surface area (Å²) in [6.45, 7) is 0. The Morgan fingerprint density at radius 1 is 1.21 bits per heavy atom. The highest BCUT2D eigenvalue weighted by Gasteiger charge is 2.06. The van der Waals surface area contributed by atoms with Gasteiger partial charge in [-0.15, -0.1) is 0 Å². The molecule has 0 radical (unpaired) electrons. The Morgan fingerprint density at radius 3 is 2.58 bits per heavy atom. The van der Waals surface area contributed by atoms with E-state index in [0.717, 1.165) is 5.56 Å². The van der Waals surface area contributed by atoms with Crippen molar-refractivity contribution < 1.29 is 9.90 Å². The smallest absolute Gasteiger partial charge is 0.255 e. The van der Waals surface area contributed by atoms with Gasteiger partial charge in [0.1, 0.15) is 5.75 Å². The summed E-state index contributed by atoms with van der Waals surface area (Å²) in [5.41, 5.74) is 1.91. The van der Waals surface area contributed by atoms with Gasteiger partial charge in [0.25, 0.3) is 5.91 Å². The molecule has 0 saturated heterocycles. The molecule has 0 aliphatic carbocycles. The first-order valence-electron chi connectivity index (χ1n) is 5.75. The van der Waals surface area contributed by atoms with Crippen molar-refractivity contribution in [2.24, 2.45) is 0 Å². The van der Waals surface area contributed by atoms with Crippen molar-refractivity contribution in [2.75, 3.05) is 5.32 Å². The highest BCUT2D eigenvalue weighted by atomic mass is 16.3. The highest BCUT2D eigenvalue weighted by molar-refractivity contribution is 6.04. The van der Waals surface area contributed by atoms with Gasteiger partial charge in [-0.25, -0.2) is 0 Å². The zero-order valence-corrected chi connectivity index (χ0v) is 10.1. The molecule has 4 nitrogen and oxygen atoms in total. The first-order valence-corrected chi connectivity index (χ1v) is 5.75. The molecular formula is C15H12N2O2. The number of rotatable bonds is 3. The third-order valence-electron chi connectivity index (χ3n) is 2.60. The van der Waals surface area contributed by atoms with Crippen LogP contribution in [0.2, 0.25) is 0 Å². The van der Waals surface area contributed by atoms with Crippen LogP contribution < -0.4 is 5.32 Å². The van der Waals surface area contributed by atoms with Gasteiger partial charge in [0, 0.05) is 17.3 Å². The second kappa shape index (κ2) is 5.69. The van der Waals surface area contributed by atoms with Crippen LogP contribution in [0.1, 0.15) is 15.9 Å². The van der Waals surface area contributed by atoms with E-state index in [0.29, 0.717) is 17.7 Å². The predicted molar refractivity (Wildman–Crippen MR) is 71.8 cm³/mol. The Morgan fingerprint density at radius 2 is 1.95 bits per heavy atom. The highest BCUT2D eigenvalue weighted by Crippen LogP contribution is 2.16. The predicted octanol–water partition coefficient (Wildman–Crippen LogP) is 2.71. The van der Waals surface area contributed by atoms with Crippen LogP contribution in [0, 0.1) is 11.3 Å². The first kappa shape index (κ1) is 12.7. The molecule has 0 fully saturated rings. The summed E-state index contributed by atoms with van der Waals surface area (Å²) in [7, 11) is 0. The van der Waals surface area contributed by atoms with E-state index < -0.39 is 0 Å². The lowest BCUT2D eigenvalue weighted by Gasteiger charge is -2.06. The molecule has 0 atom stereocenters. The van der Waals surface area contributed by atoms with Gasteiger partial charge in [0.2, 0.25) is 0 Å². The molecule has 0 spiro atoms. The molecule has 0 saturated carbocycles. The normalized spacial score (nSPS) is 9.63. The summed E-state index contributed by atoms with van der Waals surface area (Å²) in [5.74, 6) is -0.156. The molecule has 2 aromatic carbocycles. The lowest BCUT2D eigenvalue weighted by atomic mass is 10.1. The van der Waals surface area contributed by atoms with Gasteiger partial charge in [0.05, 0.1) is 12.5 Å². The topological polar surface area (TPSA) is 73.1 Å². The lowest BCUT2D eigenvalue weighted by Crippen LogP contribution is -2.11. The minimum Gasteiger partial charge on any atom is -0.508 e. The van der Waals surface area contributed by atoms with Gasteiger partial charge in [0.15, 0.2) is 0 Å². The molecular weight excluding hydrogens is 240 g/mol. The Labute approximate surface area is 110 Å². The molecule has 0 heterocycles. The third kappa shape index (κ3) is 3.33. The summed E-state index contributed by atoms with van der Waals surface area (Å²) in [5, 5.41) is 20.6. The largest absolute Gasteiger partial charge is 0.508 e. The fourth-order valence-electron chi connectivity index (χ4n) is 1.65. The lowest BCUT2D eigenvalue weighted by molar-refractivity contribution is 0.102. The minimum atomic E-state index is -0.255. The molecule has 2 N–H and O–H groups in total. The van der Waals surface area contributed by atoms with E-state index in [9.17, 15) is 9.90 Å². The van der Waals surface area contributed by atoms with Gasteiger partial charge < -0.3 is 10.4 Å². The van der Waals surface area contributed by atoms with Crippen LogP contribution in [-0.2, 0) is 6.42 Å². The number of nitrogens with one attached hydrogen (secondary N) is 1. The molecule has 94 valence electrons. The number of hydrogen-bond acceptors (Lipinski definition) is 3. The molecule has 0 unspecified atom stereocenters. The van der Waals surface area contributed by atoms with E-state index in [-0.39, 0.29) is 11.7 Å². The quantitative estimate of drug-likeness (QED) is 0.882. The second-order valence-corrected chi connectivity index (χ2v) is 4.04. The van der Waals surface area contributed by atoms with Crippen molar-refractivity contribution in [1.82, 2.24) is 0 Å². The van der Waals surface area contributed by atoms with E-state index in [2.05, 4.69) is 11.4 Å². The van der Waals surface area contributed by atoms with Crippen LogP contribution in [-0.4, -0.2) is 11.0 Å². The number of phenolic OH excluding ortho intramolecular Hbond substituents is 1. The van der Waals surface area contributed by atoms with Gasteiger partial charge in [-0.3, -0.25) is 4.79 Å². The van der Waals surface area contributed by atoms with Crippen molar-refractivity contribution in [2.45, 2.75) is 6.42 Å². The van der Waals surface area contributed by atoms with Crippen LogP contribution in [0.4, 0.5) is 5.69 Å². The maximum Gasteiger partial charge on any atom is 0.255 e. The summed E-state index contributed by atoms with van der Waals surface area (Å²) < 4.78 is 0. The van der Waals surface area contributed by atoms with Crippen molar-refractivity contribution in [1.29, 1.82) is 5.26 Å². The number of amides is 1. The fraction of sp³-hybridized carbons (Fsp3) is 0.0667. The van der Waals surface area contributed by atoms with E-state index in [1.54, 1.807) is 36.4 Å². The average Bonchev–Trinajstić information content (AvgIpc) is 2.40. The number of nitriles is 1. The van der Waals surface area contributed by atoms with Crippen molar-refractivity contribution >= 4 is 11.6 Å². The number of hydrogen-bond donors (Lipinski definition) is 2. The molecule has 0 aliphatic heterocycles. The molecule has 19 heavy (non-hydrogen) atoms. The number of anilines is 1. The van der Waals surface area contributed by atoms with Crippen molar-refractivity contribution in [3.05, 3.63) is 59.7 Å². The van der Waals surface area contributed by atoms with Gasteiger partial charge in [-0.2, -0.15) is 5.26 Å². The van der Waals surface area contributed by atoms with Crippen LogP contribution in [0.25, 0.3) is 0 Å². The van der Waals surface area contributed by atoms with Gasteiger partial charge >= 0.3 is 0 Å². The molecule has 0 aliphatic rings. The summed E-state index contributed by atoms with van der Waals surface area (Å²) in [6.07, 6.45) is 0.328. The van der Waals surface area contributed by atoms with Gasteiger partial charge in [-0.1, -0.05) is 18.2 Å². The Bertz CT molecular complexity index is 627. The maximum absolute atomic E-state index is 11.9. The monoisotopic (exact) mass is 252 g/mol. The Hall–Kier alpha value is -2.80. The Kier molecular flexibility index (Phi) is 3.79. The van der Waals surface area contributed by atoms with Gasteiger partial charge in [-0.05, 0) is 29.8 Å². The number of benzene rings is 2. The molecule has 0 bridgehead atoms. The van der Waals surface area contributed by atoms with E-state index in [1.807, 2.05) is 0 Å². The molecule has 2 rings (SSSR count). The van der Waals surface area contributed by atoms with Crippen LogP contribution >= 0.6 is 0 Å². The Balaban J connectivity index is 2.10. The molecule has 2 aromatic rings. The number of phenols is 1. The van der Waals surface area contributed by atoms with Crippen LogP contribution in [0.15, 0.2) is 48.5 Å². The number of carbonyl (C=O) groups excluding carboxylic acids is 1. The van der Waals surface area contributed by atoms with E-state index in [4.69, 9.17) is 5.26 Å². The molecule has 1 amide bonds. The zero-order valence-electron chi connectivity index (χ0n) is 10.1. The zero-order chi connectivity index (χ0) is 13.7. The SMILES string of the molecule is N#CCc1ccc(C(=O)Nc2cccc(O)c2)cc1. The van der Waals surface area contributed by atoms with Crippen molar-refractivity contribution in [3.63, 3.8) is 0 Å². The van der Waals surface area contributed by atoms with Crippen LogP contribution in [0.3, 0.4) is 0 Å². The molecule has 4 heteroatoms.